The van der Waals surface area contributed by atoms with Crippen molar-refractivity contribution in [2.24, 2.45) is 0 Å². The minimum absolute atomic E-state index is 0.803. The first-order valence-electron chi connectivity index (χ1n) is 5.15. The van der Waals surface area contributed by atoms with E-state index in [1.54, 1.807) is 6.20 Å². The van der Waals surface area contributed by atoms with Crippen LogP contribution >= 0.6 is 15.9 Å². The quantitative estimate of drug-likeness (QED) is 0.643. The van der Waals surface area contributed by atoms with Gasteiger partial charge in [-0.1, -0.05) is 18.2 Å². The molecule has 0 radical (unpaired) electrons. The highest BCUT2D eigenvalue weighted by Crippen LogP contribution is 2.31. The van der Waals surface area contributed by atoms with Gasteiger partial charge in [-0.05, 0) is 32.9 Å². The molecule has 0 N–H and O–H groups in total. The summed E-state index contributed by atoms with van der Waals surface area (Å²) in [5, 5.41) is 2.26. The third-order valence-electron chi connectivity index (χ3n) is 2.63. The summed E-state index contributed by atoms with van der Waals surface area (Å²) in [6, 6.07) is 8.12. The second-order valence-corrected chi connectivity index (χ2v) is 4.38. The highest BCUT2D eigenvalue weighted by molar-refractivity contribution is 9.10. The van der Waals surface area contributed by atoms with Gasteiger partial charge in [-0.15, -0.1) is 0 Å². The van der Waals surface area contributed by atoms with Crippen LogP contribution in [0.15, 0.2) is 53.8 Å². The van der Waals surface area contributed by atoms with Crippen LogP contribution in [0.5, 0.6) is 0 Å². The average molecular weight is 286 g/mol. The number of rotatable bonds is 1. The van der Waals surface area contributed by atoms with Gasteiger partial charge in [0, 0.05) is 29.5 Å². The van der Waals surface area contributed by atoms with E-state index in [1.165, 1.54) is 6.33 Å². The molecule has 0 unspecified atom stereocenters. The summed E-state index contributed by atoms with van der Waals surface area (Å²) in [5.41, 5.74) is 2.10. The van der Waals surface area contributed by atoms with Crippen LogP contribution in [0.3, 0.4) is 0 Å². The van der Waals surface area contributed by atoms with Crippen LogP contribution in [0.25, 0.3) is 21.9 Å². The minimum Gasteiger partial charge on any atom is -0.264 e. The van der Waals surface area contributed by atoms with E-state index in [1.807, 2.05) is 30.6 Å². The molecule has 0 amide bonds. The summed E-state index contributed by atoms with van der Waals surface area (Å²) in [4.78, 5) is 12.4. The van der Waals surface area contributed by atoms with Gasteiger partial charge in [-0.25, -0.2) is 9.97 Å². The molecule has 2 aromatic heterocycles. The Bertz CT molecular complexity index is 677. The fraction of sp³-hybridized carbons (Fsp3) is 0. The third kappa shape index (κ3) is 1.80. The van der Waals surface area contributed by atoms with E-state index in [4.69, 9.17) is 0 Å². The van der Waals surface area contributed by atoms with Gasteiger partial charge in [-0.3, -0.25) is 4.98 Å². The van der Waals surface area contributed by atoms with Gasteiger partial charge in [0.1, 0.15) is 10.9 Å². The van der Waals surface area contributed by atoms with E-state index in [-0.39, 0.29) is 0 Å². The lowest BCUT2D eigenvalue weighted by Crippen LogP contribution is -1.87. The van der Waals surface area contributed by atoms with Crippen molar-refractivity contribution in [3.63, 3.8) is 0 Å². The Hall–Kier alpha value is -1.81. The first-order chi connectivity index (χ1) is 8.36. The summed E-state index contributed by atoms with van der Waals surface area (Å²) in [6.45, 7) is 0. The topological polar surface area (TPSA) is 38.7 Å². The molecule has 0 saturated heterocycles. The second-order valence-electron chi connectivity index (χ2n) is 3.63. The number of hydrogen-bond donors (Lipinski definition) is 0. The second kappa shape index (κ2) is 4.22. The lowest BCUT2D eigenvalue weighted by atomic mass is 10.0. The summed E-state index contributed by atoms with van der Waals surface area (Å²) >= 11 is 3.45. The lowest BCUT2D eigenvalue weighted by molar-refractivity contribution is 1.14. The maximum absolute atomic E-state index is 4.15. The smallest absolute Gasteiger partial charge is 0.117 e. The van der Waals surface area contributed by atoms with Crippen molar-refractivity contribution in [3.8, 4) is 11.1 Å². The number of fused-ring (bicyclic) bond motifs is 1. The molecule has 3 rings (SSSR count). The monoisotopic (exact) mass is 285 g/mol. The summed E-state index contributed by atoms with van der Waals surface area (Å²) < 4.78 is 0.803. The number of hydrogen-bond acceptors (Lipinski definition) is 3. The van der Waals surface area contributed by atoms with Crippen molar-refractivity contribution in [3.05, 3.63) is 53.8 Å². The van der Waals surface area contributed by atoms with E-state index in [2.05, 4.69) is 36.9 Å². The highest BCUT2D eigenvalue weighted by atomic mass is 79.9. The molecular weight excluding hydrogens is 278 g/mol. The Balaban J connectivity index is 2.35. The van der Waals surface area contributed by atoms with Crippen LogP contribution in [0.4, 0.5) is 0 Å². The summed E-state index contributed by atoms with van der Waals surface area (Å²) in [6.07, 6.45) is 6.99. The maximum atomic E-state index is 4.15. The van der Waals surface area contributed by atoms with Crippen LogP contribution in [0.2, 0.25) is 0 Å². The molecule has 1 aromatic carbocycles. The Morgan fingerprint density at radius 2 is 1.88 bits per heavy atom. The highest BCUT2D eigenvalue weighted by Gasteiger charge is 2.07. The molecule has 0 spiro atoms. The predicted octanol–water partition coefficient (Wildman–Crippen LogP) is 3.45. The fourth-order valence-corrected chi connectivity index (χ4v) is 2.26. The lowest BCUT2D eigenvalue weighted by Gasteiger charge is -2.06. The molecule has 17 heavy (non-hydrogen) atoms. The molecule has 0 saturated carbocycles. The van der Waals surface area contributed by atoms with Gasteiger partial charge >= 0.3 is 0 Å². The van der Waals surface area contributed by atoms with Gasteiger partial charge in [0.05, 0.1) is 0 Å². The number of aromatic nitrogens is 3. The van der Waals surface area contributed by atoms with Gasteiger partial charge in [0.2, 0.25) is 0 Å². The number of halogens is 1. The van der Waals surface area contributed by atoms with Crippen molar-refractivity contribution in [2.75, 3.05) is 0 Å². The largest absolute Gasteiger partial charge is 0.264 e. The average Bonchev–Trinajstić information content (AvgIpc) is 2.39. The Labute approximate surface area is 107 Å². The maximum Gasteiger partial charge on any atom is 0.117 e. The van der Waals surface area contributed by atoms with E-state index in [0.717, 1.165) is 26.5 Å². The molecule has 0 atom stereocenters. The zero-order chi connectivity index (χ0) is 11.7. The number of nitrogens with zero attached hydrogens (tertiary/aromatic N) is 3. The van der Waals surface area contributed by atoms with Crippen LogP contribution in [0, 0.1) is 0 Å². The summed E-state index contributed by atoms with van der Waals surface area (Å²) in [5.74, 6) is 0. The SMILES string of the molecule is Brc1ncncc1-c1cccc2cnccc12. The molecule has 82 valence electrons. The molecule has 3 aromatic rings. The predicted molar refractivity (Wildman–Crippen MR) is 70.5 cm³/mol. The molecule has 3 nitrogen and oxygen atoms in total. The van der Waals surface area contributed by atoms with Gasteiger partial charge in [0.15, 0.2) is 0 Å². The molecule has 0 aliphatic heterocycles. The van der Waals surface area contributed by atoms with Crippen LogP contribution in [0.1, 0.15) is 0 Å². The summed E-state index contributed by atoms with van der Waals surface area (Å²) in [7, 11) is 0. The minimum atomic E-state index is 0.803. The molecule has 0 aliphatic rings. The normalized spacial score (nSPS) is 10.6. The van der Waals surface area contributed by atoms with Gasteiger partial charge < -0.3 is 0 Å². The molecule has 0 aliphatic carbocycles. The van der Waals surface area contributed by atoms with E-state index in [0.29, 0.717) is 0 Å². The molecular formula is C13H8BrN3. The van der Waals surface area contributed by atoms with Gasteiger partial charge in [0.25, 0.3) is 0 Å². The number of pyridine rings is 1. The Morgan fingerprint density at radius 1 is 0.941 bits per heavy atom. The van der Waals surface area contributed by atoms with Crippen molar-refractivity contribution in [1.82, 2.24) is 15.0 Å². The zero-order valence-corrected chi connectivity index (χ0v) is 10.4. The first-order valence-corrected chi connectivity index (χ1v) is 5.94. The van der Waals surface area contributed by atoms with Crippen molar-refractivity contribution < 1.29 is 0 Å². The van der Waals surface area contributed by atoms with Crippen molar-refractivity contribution >= 4 is 26.7 Å². The molecule has 2 heterocycles. The van der Waals surface area contributed by atoms with Crippen LogP contribution < -0.4 is 0 Å². The standard InChI is InChI=1S/C13H8BrN3/c14-13-12(7-16-8-17-13)11-3-1-2-9-6-15-5-4-10(9)11/h1-8H. The molecule has 0 fully saturated rings. The van der Waals surface area contributed by atoms with E-state index >= 15 is 0 Å². The van der Waals surface area contributed by atoms with E-state index < -0.39 is 0 Å². The van der Waals surface area contributed by atoms with Crippen LogP contribution in [-0.4, -0.2) is 15.0 Å². The molecule has 0 bridgehead atoms. The molecule has 4 heteroatoms. The zero-order valence-electron chi connectivity index (χ0n) is 8.84. The van der Waals surface area contributed by atoms with Crippen LogP contribution in [-0.2, 0) is 0 Å². The van der Waals surface area contributed by atoms with Gasteiger partial charge in [-0.2, -0.15) is 0 Å². The van der Waals surface area contributed by atoms with Crippen molar-refractivity contribution in [1.29, 1.82) is 0 Å². The Morgan fingerprint density at radius 3 is 2.76 bits per heavy atom. The Kier molecular flexibility index (Phi) is 2.57. The third-order valence-corrected chi connectivity index (χ3v) is 3.27. The first kappa shape index (κ1) is 10.4. The van der Waals surface area contributed by atoms with Crippen molar-refractivity contribution in [2.45, 2.75) is 0 Å². The van der Waals surface area contributed by atoms with E-state index in [9.17, 15) is 0 Å². The fourth-order valence-electron chi connectivity index (χ4n) is 1.85. The number of benzene rings is 1.